The number of carbonyl (C=O) groups is 1. The molecule has 1 aliphatic heterocycles. The summed E-state index contributed by atoms with van der Waals surface area (Å²) >= 11 is 0. The van der Waals surface area contributed by atoms with Crippen LogP contribution in [-0.4, -0.2) is 13.0 Å². The number of rotatable bonds is 0. The number of fused-ring (bicyclic) bond motifs is 1. The van der Waals surface area contributed by atoms with Crippen molar-refractivity contribution in [3.8, 4) is 0 Å². The van der Waals surface area contributed by atoms with E-state index in [1.54, 1.807) is 11.9 Å². The minimum atomic E-state index is 0. The molecule has 0 fully saturated rings. The van der Waals surface area contributed by atoms with Crippen LogP contribution in [0.2, 0.25) is 0 Å². The minimum Gasteiger partial charge on any atom is -0.399 e. The van der Waals surface area contributed by atoms with E-state index in [1.807, 2.05) is 18.2 Å². The molecule has 0 spiro atoms. The van der Waals surface area contributed by atoms with Gasteiger partial charge < -0.3 is 10.6 Å². The first kappa shape index (κ1) is 10.1. The molecule has 4 heteroatoms. The van der Waals surface area contributed by atoms with Gasteiger partial charge in [0.25, 0.3) is 0 Å². The summed E-state index contributed by atoms with van der Waals surface area (Å²) in [5, 5.41) is 0. The first-order chi connectivity index (χ1) is 5.68. The van der Waals surface area contributed by atoms with Gasteiger partial charge in [0.05, 0.1) is 6.42 Å². The molecule has 1 heterocycles. The molecule has 13 heavy (non-hydrogen) atoms. The molecular formula is C9H10FeN2O+2. The predicted molar refractivity (Wildman–Crippen MR) is 48.0 cm³/mol. The van der Waals surface area contributed by atoms with Crippen molar-refractivity contribution in [2.75, 3.05) is 17.7 Å². The van der Waals surface area contributed by atoms with Gasteiger partial charge in [0.2, 0.25) is 5.91 Å². The van der Waals surface area contributed by atoms with E-state index in [9.17, 15) is 4.79 Å². The van der Waals surface area contributed by atoms with E-state index in [-0.39, 0.29) is 23.0 Å². The van der Waals surface area contributed by atoms with E-state index in [2.05, 4.69) is 0 Å². The quantitative estimate of drug-likeness (QED) is 0.516. The third-order valence-corrected chi connectivity index (χ3v) is 2.18. The van der Waals surface area contributed by atoms with Gasteiger partial charge in [0.15, 0.2) is 0 Å². The van der Waals surface area contributed by atoms with Gasteiger partial charge in [-0.15, -0.1) is 0 Å². The Morgan fingerprint density at radius 3 is 2.85 bits per heavy atom. The summed E-state index contributed by atoms with van der Waals surface area (Å²) in [6.45, 7) is 0. The smallest absolute Gasteiger partial charge is 0.399 e. The molecule has 0 atom stereocenters. The van der Waals surface area contributed by atoms with Crippen LogP contribution in [0, 0.1) is 0 Å². The maximum atomic E-state index is 11.2. The maximum absolute atomic E-state index is 11.2. The second-order valence-electron chi connectivity index (χ2n) is 3.02. The topological polar surface area (TPSA) is 46.3 Å². The fraction of sp³-hybridized carbons (Fsp3) is 0.222. The van der Waals surface area contributed by atoms with Crippen molar-refractivity contribution < 1.29 is 21.9 Å². The van der Waals surface area contributed by atoms with E-state index < -0.39 is 0 Å². The van der Waals surface area contributed by atoms with Crippen LogP contribution < -0.4 is 10.6 Å². The van der Waals surface area contributed by atoms with Crippen molar-refractivity contribution in [2.45, 2.75) is 6.42 Å². The number of amides is 1. The summed E-state index contributed by atoms with van der Waals surface area (Å²) in [6, 6.07) is 5.56. The summed E-state index contributed by atoms with van der Waals surface area (Å²) in [6.07, 6.45) is 0.483. The molecule has 0 bridgehead atoms. The number of hydrogen-bond acceptors (Lipinski definition) is 2. The SMILES string of the molecule is CN1C(=O)Cc2cc(N)ccc21.[Fe+2]. The van der Waals surface area contributed by atoms with Gasteiger partial charge in [0.1, 0.15) is 0 Å². The maximum Gasteiger partial charge on any atom is 2.00 e. The van der Waals surface area contributed by atoms with E-state index in [0.29, 0.717) is 6.42 Å². The summed E-state index contributed by atoms with van der Waals surface area (Å²) < 4.78 is 0. The standard InChI is InChI=1S/C9H10N2O.Fe/c1-11-8-3-2-7(10)4-6(8)5-9(11)12;/h2-4H,5,10H2,1H3;/q;+2. The molecular weight excluding hydrogens is 208 g/mol. The van der Waals surface area contributed by atoms with Crippen molar-refractivity contribution in [3.05, 3.63) is 23.8 Å². The van der Waals surface area contributed by atoms with Crippen molar-refractivity contribution in [1.29, 1.82) is 0 Å². The van der Waals surface area contributed by atoms with Gasteiger partial charge in [-0.2, -0.15) is 0 Å². The number of carbonyl (C=O) groups excluding carboxylic acids is 1. The Morgan fingerprint density at radius 1 is 1.46 bits per heavy atom. The van der Waals surface area contributed by atoms with Crippen LogP contribution in [0.15, 0.2) is 18.2 Å². The van der Waals surface area contributed by atoms with Crippen LogP contribution >= 0.6 is 0 Å². The summed E-state index contributed by atoms with van der Waals surface area (Å²) in [7, 11) is 1.78. The summed E-state index contributed by atoms with van der Waals surface area (Å²) in [5.74, 6) is 0.135. The third-order valence-electron chi connectivity index (χ3n) is 2.18. The van der Waals surface area contributed by atoms with Crippen molar-refractivity contribution in [3.63, 3.8) is 0 Å². The fourth-order valence-electron chi connectivity index (χ4n) is 1.49. The van der Waals surface area contributed by atoms with Crippen molar-refractivity contribution in [1.82, 2.24) is 0 Å². The van der Waals surface area contributed by atoms with E-state index in [4.69, 9.17) is 5.73 Å². The number of benzene rings is 1. The van der Waals surface area contributed by atoms with E-state index in [1.165, 1.54) is 0 Å². The predicted octanol–water partition coefficient (Wildman–Crippen LogP) is 0.785. The Balaban J connectivity index is 0.000000845. The van der Waals surface area contributed by atoms with E-state index >= 15 is 0 Å². The number of nitrogens with zero attached hydrogens (tertiary/aromatic N) is 1. The molecule has 68 valence electrons. The van der Waals surface area contributed by atoms with Gasteiger partial charge in [0, 0.05) is 18.4 Å². The first-order valence-electron chi connectivity index (χ1n) is 3.83. The molecule has 0 unspecified atom stereocenters. The molecule has 0 aromatic heterocycles. The van der Waals surface area contributed by atoms with Gasteiger partial charge >= 0.3 is 17.1 Å². The van der Waals surface area contributed by atoms with Crippen LogP contribution in [0.1, 0.15) is 5.56 Å². The fourth-order valence-corrected chi connectivity index (χ4v) is 1.49. The zero-order valence-corrected chi connectivity index (χ0v) is 8.33. The Hall–Kier alpha value is -0.991. The Labute approximate surface area is 87.4 Å². The largest absolute Gasteiger partial charge is 2.00 e. The summed E-state index contributed by atoms with van der Waals surface area (Å²) in [4.78, 5) is 12.9. The van der Waals surface area contributed by atoms with Crippen LogP contribution in [0.25, 0.3) is 0 Å². The number of anilines is 2. The van der Waals surface area contributed by atoms with Gasteiger partial charge in [-0.05, 0) is 23.8 Å². The molecule has 3 nitrogen and oxygen atoms in total. The second kappa shape index (κ2) is 3.40. The average Bonchev–Trinajstić information content (AvgIpc) is 2.28. The molecule has 1 aliphatic rings. The number of nitrogen functional groups attached to an aromatic ring is 1. The van der Waals surface area contributed by atoms with Crippen molar-refractivity contribution >= 4 is 17.3 Å². The Morgan fingerprint density at radius 2 is 2.15 bits per heavy atom. The molecule has 0 aliphatic carbocycles. The van der Waals surface area contributed by atoms with Gasteiger partial charge in [-0.1, -0.05) is 0 Å². The molecule has 0 saturated heterocycles. The third kappa shape index (κ3) is 1.55. The first-order valence-corrected chi connectivity index (χ1v) is 3.83. The van der Waals surface area contributed by atoms with Crippen LogP contribution in [0.5, 0.6) is 0 Å². The zero-order chi connectivity index (χ0) is 8.72. The number of likely N-dealkylation sites (N-methyl/N-ethyl adjacent to an activating group) is 1. The Bertz CT molecular complexity index is 351. The molecule has 1 aromatic carbocycles. The van der Waals surface area contributed by atoms with E-state index in [0.717, 1.165) is 16.9 Å². The molecule has 2 N–H and O–H groups in total. The van der Waals surface area contributed by atoms with Crippen molar-refractivity contribution in [2.24, 2.45) is 0 Å². The normalized spacial score (nSPS) is 13.9. The molecule has 0 saturated carbocycles. The molecule has 1 amide bonds. The number of hydrogen-bond donors (Lipinski definition) is 1. The van der Waals surface area contributed by atoms with Gasteiger partial charge in [-0.3, -0.25) is 4.79 Å². The average molecular weight is 218 g/mol. The van der Waals surface area contributed by atoms with Crippen LogP contribution in [0.4, 0.5) is 11.4 Å². The zero-order valence-electron chi connectivity index (χ0n) is 7.23. The second-order valence-corrected chi connectivity index (χ2v) is 3.02. The number of nitrogens with two attached hydrogens (primary N) is 1. The van der Waals surface area contributed by atoms with Crippen LogP contribution in [-0.2, 0) is 28.3 Å². The molecule has 0 radical (unpaired) electrons. The van der Waals surface area contributed by atoms with Gasteiger partial charge in [-0.25, -0.2) is 0 Å². The van der Waals surface area contributed by atoms with Crippen LogP contribution in [0.3, 0.4) is 0 Å². The Kier molecular flexibility index (Phi) is 2.64. The minimum absolute atomic E-state index is 0. The molecule has 1 aromatic rings. The molecule has 2 rings (SSSR count). The monoisotopic (exact) mass is 218 g/mol. The summed E-state index contributed by atoms with van der Waals surface area (Å²) in [5.41, 5.74) is 8.32.